The maximum absolute atomic E-state index is 13.8. The molecule has 2 heterocycles. The number of fused-ring (bicyclic) bond motifs is 1. The first-order valence-electron chi connectivity index (χ1n) is 11.6. The molecule has 0 bridgehead atoms. The van der Waals surface area contributed by atoms with E-state index in [0.717, 1.165) is 22.3 Å². The fourth-order valence-electron chi connectivity index (χ4n) is 4.50. The Labute approximate surface area is 205 Å². The van der Waals surface area contributed by atoms with Gasteiger partial charge in [0.1, 0.15) is 24.1 Å². The summed E-state index contributed by atoms with van der Waals surface area (Å²) < 4.78 is 11.6. The standard InChI is InChI=1S/C29H27N3O3/c1-34-24-13-14-27-26(18-24)28(29(33)31-23-11-7-15-30-19-23)32(16-17-35-27)20-22-10-5-6-12-25(22)21-8-3-2-4-9-21/h2-15,18-19,28H,16-17,20H2,1H3,(H,31,33). The average Bonchev–Trinajstić information content (AvgIpc) is 3.08. The fraction of sp³-hybridized carbons (Fsp3) is 0.172. The van der Waals surface area contributed by atoms with Crippen LogP contribution in [0.3, 0.4) is 0 Å². The zero-order valence-electron chi connectivity index (χ0n) is 19.6. The third-order valence-corrected chi connectivity index (χ3v) is 6.17. The number of carbonyl (C=O) groups excluding carboxylic acids is 1. The first-order valence-corrected chi connectivity index (χ1v) is 11.6. The predicted octanol–water partition coefficient (Wildman–Crippen LogP) is 5.33. The SMILES string of the molecule is COc1ccc2c(c1)C(C(=O)Nc1cccnc1)N(Cc1ccccc1-c1ccccc1)CCO2. The van der Waals surface area contributed by atoms with E-state index in [2.05, 4.69) is 39.5 Å². The molecule has 1 aliphatic rings. The lowest BCUT2D eigenvalue weighted by Crippen LogP contribution is -2.37. The molecule has 0 aliphatic carbocycles. The van der Waals surface area contributed by atoms with Crippen LogP contribution in [-0.4, -0.2) is 36.1 Å². The van der Waals surface area contributed by atoms with E-state index in [-0.39, 0.29) is 5.91 Å². The number of nitrogens with one attached hydrogen (secondary N) is 1. The van der Waals surface area contributed by atoms with Crippen molar-refractivity contribution in [3.05, 3.63) is 108 Å². The zero-order chi connectivity index (χ0) is 24.0. The van der Waals surface area contributed by atoms with E-state index in [9.17, 15) is 4.79 Å². The highest BCUT2D eigenvalue weighted by Crippen LogP contribution is 2.37. The molecule has 4 aromatic rings. The number of amides is 1. The lowest BCUT2D eigenvalue weighted by Gasteiger charge is -2.30. The number of benzene rings is 3. The Morgan fingerprint density at radius 2 is 1.89 bits per heavy atom. The number of hydrogen-bond donors (Lipinski definition) is 1. The van der Waals surface area contributed by atoms with Gasteiger partial charge in [0.05, 0.1) is 19.0 Å². The van der Waals surface area contributed by atoms with Crippen LogP contribution in [0.1, 0.15) is 17.2 Å². The van der Waals surface area contributed by atoms with Crippen molar-refractivity contribution in [1.82, 2.24) is 9.88 Å². The van der Waals surface area contributed by atoms with Gasteiger partial charge in [0.25, 0.3) is 0 Å². The van der Waals surface area contributed by atoms with Gasteiger partial charge in [-0.3, -0.25) is 14.7 Å². The molecule has 0 saturated carbocycles. The smallest absolute Gasteiger partial charge is 0.246 e. The number of methoxy groups -OCH3 is 1. The second-order valence-electron chi connectivity index (χ2n) is 8.38. The Hall–Kier alpha value is -4.16. The summed E-state index contributed by atoms with van der Waals surface area (Å²) in [5.74, 6) is 1.23. The molecule has 5 rings (SSSR count). The Bertz CT molecular complexity index is 1300. The van der Waals surface area contributed by atoms with Crippen molar-refractivity contribution in [3.8, 4) is 22.6 Å². The van der Waals surface area contributed by atoms with E-state index < -0.39 is 6.04 Å². The second-order valence-corrected chi connectivity index (χ2v) is 8.38. The molecule has 6 heteroatoms. The number of carbonyl (C=O) groups is 1. The van der Waals surface area contributed by atoms with Gasteiger partial charge >= 0.3 is 0 Å². The lowest BCUT2D eigenvalue weighted by molar-refractivity contribution is -0.121. The van der Waals surface area contributed by atoms with Crippen molar-refractivity contribution >= 4 is 11.6 Å². The van der Waals surface area contributed by atoms with Crippen LogP contribution in [0.5, 0.6) is 11.5 Å². The summed E-state index contributed by atoms with van der Waals surface area (Å²) in [7, 11) is 1.62. The van der Waals surface area contributed by atoms with Crippen molar-refractivity contribution in [3.63, 3.8) is 0 Å². The molecule has 6 nitrogen and oxygen atoms in total. The summed E-state index contributed by atoms with van der Waals surface area (Å²) >= 11 is 0. The molecule has 1 aromatic heterocycles. The molecule has 0 radical (unpaired) electrons. The molecule has 1 unspecified atom stereocenters. The van der Waals surface area contributed by atoms with E-state index in [0.29, 0.717) is 36.9 Å². The van der Waals surface area contributed by atoms with Gasteiger partial charge in [-0.05, 0) is 47.0 Å². The quantitative estimate of drug-likeness (QED) is 0.417. The fourth-order valence-corrected chi connectivity index (χ4v) is 4.50. The van der Waals surface area contributed by atoms with E-state index in [4.69, 9.17) is 9.47 Å². The van der Waals surface area contributed by atoms with Crippen molar-refractivity contribution in [2.45, 2.75) is 12.6 Å². The van der Waals surface area contributed by atoms with Gasteiger partial charge in [-0.2, -0.15) is 0 Å². The number of anilines is 1. The first kappa shape index (κ1) is 22.6. The second kappa shape index (κ2) is 10.4. The molecular formula is C29H27N3O3. The van der Waals surface area contributed by atoms with Crippen LogP contribution in [0, 0.1) is 0 Å². The van der Waals surface area contributed by atoms with Crippen LogP contribution >= 0.6 is 0 Å². The van der Waals surface area contributed by atoms with Crippen molar-refractivity contribution < 1.29 is 14.3 Å². The van der Waals surface area contributed by atoms with Crippen molar-refractivity contribution in [2.75, 3.05) is 25.6 Å². The number of nitrogens with zero attached hydrogens (tertiary/aromatic N) is 2. The minimum absolute atomic E-state index is 0.143. The summed E-state index contributed by atoms with van der Waals surface area (Å²) in [6, 6.07) is 27.3. The molecule has 1 atom stereocenters. The van der Waals surface area contributed by atoms with Gasteiger partial charge in [-0.25, -0.2) is 0 Å². The number of rotatable bonds is 6. The molecule has 1 amide bonds. The van der Waals surface area contributed by atoms with Crippen molar-refractivity contribution in [2.24, 2.45) is 0 Å². The van der Waals surface area contributed by atoms with Crippen molar-refractivity contribution in [1.29, 1.82) is 0 Å². The monoisotopic (exact) mass is 465 g/mol. The molecule has 176 valence electrons. The normalized spacial score (nSPS) is 15.4. The largest absolute Gasteiger partial charge is 0.497 e. The Kier molecular flexibility index (Phi) is 6.73. The highest BCUT2D eigenvalue weighted by molar-refractivity contribution is 5.96. The summed E-state index contributed by atoms with van der Waals surface area (Å²) in [6.07, 6.45) is 3.33. The molecule has 1 N–H and O–H groups in total. The van der Waals surface area contributed by atoms with Gasteiger partial charge in [-0.1, -0.05) is 54.6 Å². The Balaban J connectivity index is 1.54. The van der Waals surface area contributed by atoms with E-state index >= 15 is 0 Å². The highest BCUT2D eigenvalue weighted by atomic mass is 16.5. The van der Waals surface area contributed by atoms with Crippen LogP contribution in [0.25, 0.3) is 11.1 Å². The van der Waals surface area contributed by atoms with Crippen LogP contribution in [0.2, 0.25) is 0 Å². The number of ether oxygens (including phenoxy) is 2. The van der Waals surface area contributed by atoms with Crippen LogP contribution in [0.4, 0.5) is 5.69 Å². The Morgan fingerprint density at radius 1 is 1.06 bits per heavy atom. The summed E-state index contributed by atoms with van der Waals surface area (Å²) in [6.45, 7) is 1.64. The predicted molar refractivity (Wildman–Crippen MR) is 136 cm³/mol. The van der Waals surface area contributed by atoms with Gasteiger partial charge in [0.2, 0.25) is 5.91 Å². The van der Waals surface area contributed by atoms with Gasteiger partial charge in [0, 0.05) is 24.8 Å². The summed E-state index contributed by atoms with van der Waals surface area (Å²) in [5.41, 5.74) is 4.87. The average molecular weight is 466 g/mol. The van der Waals surface area contributed by atoms with E-state index in [1.165, 1.54) is 0 Å². The molecular weight excluding hydrogens is 438 g/mol. The van der Waals surface area contributed by atoms with Gasteiger partial charge in [-0.15, -0.1) is 0 Å². The molecule has 0 spiro atoms. The minimum Gasteiger partial charge on any atom is -0.497 e. The van der Waals surface area contributed by atoms with Gasteiger partial charge < -0.3 is 14.8 Å². The third-order valence-electron chi connectivity index (χ3n) is 6.17. The maximum Gasteiger partial charge on any atom is 0.246 e. The summed E-state index contributed by atoms with van der Waals surface area (Å²) in [5, 5.41) is 3.04. The molecule has 3 aromatic carbocycles. The zero-order valence-corrected chi connectivity index (χ0v) is 19.6. The summed E-state index contributed by atoms with van der Waals surface area (Å²) in [4.78, 5) is 20.1. The minimum atomic E-state index is -0.577. The van der Waals surface area contributed by atoms with E-state index in [1.54, 1.807) is 25.6 Å². The highest BCUT2D eigenvalue weighted by Gasteiger charge is 2.33. The number of pyridine rings is 1. The molecule has 35 heavy (non-hydrogen) atoms. The third kappa shape index (κ3) is 5.03. The van der Waals surface area contributed by atoms with Crippen LogP contribution < -0.4 is 14.8 Å². The van der Waals surface area contributed by atoms with Crippen LogP contribution in [0.15, 0.2) is 97.3 Å². The topological polar surface area (TPSA) is 63.7 Å². The lowest BCUT2D eigenvalue weighted by atomic mass is 9.97. The maximum atomic E-state index is 13.8. The van der Waals surface area contributed by atoms with Gasteiger partial charge in [0.15, 0.2) is 0 Å². The first-order chi connectivity index (χ1) is 17.2. The molecule has 1 aliphatic heterocycles. The number of hydrogen-bond acceptors (Lipinski definition) is 5. The van der Waals surface area contributed by atoms with E-state index in [1.807, 2.05) is 54.6 Å². The molecule has 0 saturated heterocycles. The Morgan fingerprint density at radius 3 is 2.69 bits per heavy atom. The van der Waals surface area contributed by atoms with Crippen LogP contribution in [-0.2, 0) is 11.3 Å². The number of aromatic nitrogens is 1. The molecule has 0 fully saturated rings.